The van der Waals surface area contributed by atoms with Gasteiger partial charge in [0.1, 0.15) is 23.7 Å². The molecular weight excluding hydrogens is 468 g/mol. The molecule has 1 heterocycles. The van der Waals surface area contributed by atoms with Gasteiger partial charge in [-0.2, -0.15) is 13.2 Å². The Hall–Kier alpha value is -4.34. The van der Waals surface area contributed by atoms with Gasteiger partial charge < -0.3 is 20.2 Å². The summed E-state index contributed by atoms with van der Waals surface area (Å²) in [5.74, 6) is -2.11. The van der Waals surface area contributed by atoms with E-state index in [0.717, 1.165) is 0 Å². The van der Waals surface area contributed by atoms with Crippen LogP contribution in [0.15, 0.2) is 65.1 Å². The van der Waals surface area contributed by atoms with Crippen molar-refractivity contribution in [3.63, 3.8) is 0 Å². The van der Waals surface area contributed by atoms with E-state index in [-0.39, 0.29) is 39.1 Å². The molecule has 0 fully saturated rings. The van der Waals surface area contributed by atoms with Crippen LogP contribution in [0.4, 0.5) is 23.2 Å². The van der Waals surface area contributed by atoms with Crippen LogP contribution in [0.3, 0.4) is 0 Å². The molecule has 4 rings (SSSR count). The van der Waals surface area contributed by atoms with Crippen molar-refractivity contribution in [3.05, 3.63) is 77.6 Å². The van der Waals surface area contributed by atoms with Gasteiger partial charge >= 0.3 is 12.1 Å². The van der Waals surface area contributed by atoms with Crippen molar-refractivity contribution in [2.24, 2.45) is 0 Å². The van der Waals surface area contributed by atoms with Crippen LogP contribution in [0.5, 0.6) is 0 Å². The summed E-state index contributed by atoms with van der Waals surface area (Å²) in [5.41, 5.74) is 1.14. The lowest BCUT2D eigenvalue weighted by Crippen LogP contribution is -2.21. The number of anilines is 1. The van der Waals surface area contributed by atoms with E-state index in [1.807, 2.05) is 0 Å². The second-order valence-electron chi connectivity index (χ2n) is 7.64. The minimum absolute atomic E-state index is 0.0280. The van der Waals surface area contributed by atoms with E-state index in [1.54, 1.807) is 6.07 Å². The van der Waals surface area contributed by atoms with Gasteiger partial charge in [0.25, 0.3) is 5.91 Å². The largest absolute Gasteiger partial charge is 0.478 e. The zero-order valence-corrected chi connectivity index (χ0v) is 18.2. The molecule has 1 amide bonds. The van der Waals surface area contributed by atoms with Crippen LogP contribution in [-0.2, 0) is 0 Å². The van der Waals surface area contributed by atoms with Crippen LogP contribution in [0, 0.1) is 5.82 Å². The highest BCUT2D eigenvalue weighted by Crippen LogP contribution is 2.40. The number of aromatic carboxylic acids is 1. The fourth-order valence-corrected chi connectivity index (χ4v) is 3.70. The number of nitrogens with one attached hydrogen (secondary N) is 2. The molecule has 0 aliphatic carbocycles. The number of benzene rings is 3. The number of carbonyl (C=O) groups is 2. The van der Waals surface area contributed by atoms with E-state index in [2.05, 4.69) is 10.6 Å². The van der Waals surface area contributed by atoms with E-state index in [1.165, 1.54) is 61.6 Å². The number of carboxylic acid groups (broad SMARTS) is 1. The Balaban J connectivity index is 1.99. The van der Waals surface area contributed by atoms with Gasteiger partial charge in [-0.25, -0.2) is 9.18 Å². The predicted molar refractivity (Wildman–Crippen MR) is 122 cm³/mol. The maximum absolute atomic E-state index is 13.4. The van der Waals surface area contributed by atoms with Gasteiger partial charge in [0, 0.05) is 35.3 Å². The zero-order valence-electron chi connectivity index (χ0n) is 18.2. The molecule has 4 aromatic rings. The van der Waals surface area contributed by atoms with E-state index in [9.17, 15) is 32.3 Å². The van der Waals surface area contributed by atoms with Gasteiger partial charge in [0.15, 0.2) is 0 Å². The first-order valence-corrected chi connectivity index (χ1v) is 10.3. The van der Waals surface area contributed by atoms with Crippen molar-refractivity contribution >= 4 is 28.5 Å². The van der Waals surface area contributed by atoms with E-state index in [4.69, 9.17) is 4.42 Å². The highest BCUT2D eigenvalue weighted by molar-refractivity contribution is 6.13. The second-order valence-corrected chi connectivity index (χ2v) is 7.64. The molecular formula is C25H18F4N2O4. The normalized spacial score (nSPS) is 11.5. The summed E-state index contributed by atoms with van der Waals surface area (Å²) < 4.78 is 58.3. The van der Waals surface area contributed by atoms with Gasteiger partial charge in [0.05, 0.1) is 11.1 Å². The summed E-state index contributed by atoms with van der Waals surface area (Å²) in [4.78, 5) is 24.2. The Bertz CT molecular complexity index is 1430. The van der Waals surface area contributed by atoms with Gasteiger partial charge in [-0.15, -0.1) is 0 Å². The number of amides is 1. The maximum atomic E-state index is 13.4. The Labute approximate surface area is 196 Å². The third-order valence-corrected chi connectivity index (χ3v) is 5.29. The van der Waals surface area contributed by atoms with E-state index < -0.39 is 30.4 Å². The number of carbonyl (C=O) groups excluding carboxylic acids is 1. The van der Waals surface area contributed by atoms with Crippen molar-refractivity contribution in [1.82, 2.24) is 5.32 Å². The van der Waals surface area contributed by atoms with Crippen molar-refractivity contribution in [1.29, 1.82) is 0 Å². The number of halogens is 4. The van der Waals surface area contributed by atoms with Crippen LogP contribution < -0.4 is 10.6 Å². The lowest BCUT2D eigenvalue weighted by molar-refractivity contribution is -0.115. The first kappa shape index (κ1) is 23.8. The molecule has 0 unspecified atom stereocenters. The number of hydrogen-bond donors (Lipinski definition) is 3. The van der Waals surface area contributed by atoms with Crippen LogP contribution in [-0.4, -0.2) is 36.8 Å². The Kier molecular flexibility index (Phi) is 6.21. The molecule has 10 heteroatoms. The zero-order chi connectivity index (χ0) is 25.3. The summed E-state index contributed by atoms with van der Waals surface area (Å²) in [6, 6.07) is 13.7. The highest BCUT2D eigenvalue weighted by Gasteiger charge is 2.28. The summed E-state index contributed by atoms with van der Waals surface area (Å²) in [6.07, 6.45) is -4.52. The Morgan fingerprint density at radius 3 is 2.34 bits per heavy atom. The smallest absolute Gasteiger partial charge is 0.405 e. The van der Waals surface area contributed by atoms with Crippen molar-refractivity contribution in [2.45, 2.75) is 6.18 Å². The van der Waals surface area contributed by atoms with Gasteiger partial charge in [-0.05, 0) is 48.0 Å². The molecule has 35 heavy (non-hydrogen) atoms. The van der Waals surface area contributed by atoms with E-state index >= 15 is 0 Å². The second kappa shape index (κ2) is 9.13. The highest BCUT2D eigenvalue weighted by atomic mass is 19.4. The van der Waals surface area contributed by atoms with Gasteiger partial charge in [-0.1, -0.05) is 12.1 Å². The molecule has 180 valence electrons. The minimum Gasteiger partial charge on any atom is -0.478 e. The summed E-state index contributed by atoms with van der Waals surface area (Å²) in [6.45, 7) is -1.35. The first-order chi connectivity index (χ1) is 16.6. The number of fused-ring (bicyclic) bond motifs is 1. The Morgan fingerprint density at radius 2 is 1.71 bits per heavy atom. The fraction of sp³-hybridized carbons (Fsp3) is 0.120. The number of carboxylic acids is 1. The molecule has 0 radical (unpaired) electrons. The predicted octanol–water partition coefficient (Wildman–Crippen LogP) is 5.94. The van der Waals surface area contributed by atoms with Crippen molar-refractivity contribution in [3.8, 4) is 22.5 Å². The van der Waals surface area contributed by atoms with Crippen molar-refractivity contribution < 1.29 is 36.7 Å². The lowest BCUT2D eigenvalue weighted by Gasteiger charge is -2.15. The summed E-state index contributed by atoms with van der Waals surface area (Å²) >= 11 is 0. The molecule has 3 N–H and O–H groups in total. The molecule has 0 saturated heterocycles. The molecule has 1 aromatic heterocycles. The molecule has 0 spiro atoms. The molecule has 6 nitrogen and oxygen atoms in total. The molecule has 0 aliphatic rings. The fourth-order valence-electron chi connectivity index (χ4n) is 3.70. The average Bonchev–Trinajstić information content (AvgIpc) is 3.20. The monoisotopic (exact) mass is 486 g/mol. The molecule has 0 aliphatic heterocycles. The number of alkyl halides is 3. The molecule has 0 saturated carbocycles. The topological polar surface area (TPSA) is 91.6 Å². The molecule has 0 bridgehead atoms. The third kappa shape index (κ3) is 4.96. The van der Waals surface area contributed by atoms with E-state index in [0.29, 0.717) is 11.1 Å². The lowest BCUT2D eigenvalue weighted by atomic mass is 9.97. The van der Waals surface area contributed by atoms with Gasteiger partial charge in [-0.3, -0.25) is 4.79 Å². The van der Waals surface area contributed by atoms with Crippen LogP contribution >= 0.6 is 0 Å². The number of furan rings is 1. The summed E-state index contributed by atoms with van der Waals surface area (Å²) in [7, 11) is 1.41. The van der Waals surface area contributed by atoms with Crippen LogP contribution in [0.25, 0.3) is 33.4 Å². The van der Waals surface area contributed by atoms with Crippen molar-refractivity contribution in [2.75, 3.05) is 18.9 Å². The first-order valence-electron chi connectivity index (χ1n) is 10.3. The third-order valence-electron chi connectivity index (χ3n) is 5.29. The number of rotatable bonds is 6. The summed E-state index contributed by atoms with van der Waals surface area (Å²) in [5, 5.41) is 14.5. The van der Waals surface area contributed by atoms with Crippen LogP contribution in [0.1, 0.15) is 20.7 Å². The molecule has 0 atom stereocenters. The standard InChI is InChI=1S/C25H18F4N2O4/c1-30-23(32)21-18-10-17(14-3-2-4-15(9-14)24(33)34)19(31-12-25(27,28)29)11-20(18)35-22(21)13-5-7-16(26)8-6-13/h2-11,31H,12H2,1H3,(H,30,32)(H,33,34). The quantitative estimate of drug-likeness (QED) is 0.294. The maximum Gasteiger partial charge on any atom is 0.405 e. The average molecular weight is 486 g/mol. The molecule has 3 aromatic carbocycles. The van der Waals surface area contributed by atoms with Crippen LogP contribution in [0.2, 0.25) is 0 Å². The van der Waals surface area contributed by atoms with Gasteiger partial charge in [0.2, 0.25) is 0 Å². The minimum atomic E-state index is -4.52. The number of hydrogen-bond acceptors (Lipinski definition) is 4. The Morgan fingerprint density at radius 1 is 1.00 bits per heavy atom. The SMILES string of the molecule is CNC(=O)c1c(-c2ccc(F)cc2)oc2cc(NCC(F)(F)F)c(-c3cccc(C(=O)O)c3)cc12.